The Labute approximate surface area is 171 Å². The number of halogens is 2. The molecule has 2 aromatic rings. The maximum Gasteiger partial charge on any atom is 0.338 e. The molecule has 28 heavy (non-hydrogen) atoms. The third-order valence-electron chi connectivity index (χ3n) is 3.83. The number of carbonyl (C=O) groups is 3. The third kappa shape index (κ3) is 4.03. The van der Waals surface area contributed by atoms with Crippen LogP contribution in [0.4, 0.5) is 11.4 Å². The van der Waals surface area contributed by atoms with Gasteiger partial charge < -0.3 is 10.1 Å². The standard InChI is InChI=1S/C20H16Cl2N2O4/c1-11(2)28-20(27)12-6-8-14(9-7-12)23-17-16(22)18(25)24(19(17)26)15-5-3-4-13(21)10-15/h3-11,23H,1-2H3. The second kappa shape index (κ2) is 8.04. The van der Waals surface area contributed by atoms with Gasteiger partial charge >= 0.3 is 5.97 Å². The molecule has 0 bridgehead atoms. The molecule has 0 saturated carbocycles. The Morgan fingerprint density at radius 1 is 1.04 bits per heavy atom. The number of nitrogens with zero attached hydrogens (tertiary/aromatic N) is 1. The molecule has 1 aliphatic rings. The summed E-state index contributed by atoms with van der Waals surface area (Å²) in [6, 6.07) is 12.6. The molecule has 0 atom stereocenters. The number of benzene rings is 2. The van der Waals surface area contributed by atoms with E-state index in [0.717, 1.165) is 4.90 Å². The van der Waals surface area contributed by atoms with Crippen molar-refractivity contribution in [1.29, 1.82) is 0 Å². The van der Waals surface area contributed by atoms with E-state index in [4.69, 9.17) is 27.9 Å². The van der Waals surface area contributed by atoms with Gasteiger partial charge in [0.2, 0.25) is 0 Å². The average Bonchev–Trinajstić information content (AvgIpc) is 2.85. The van der Waals surface area contributed by atoms with Crippen molar-refractivity contribution in [2.45, 2.75) is 20.0 Å². The van der Waals surface area contributed by atoms with Crippen LogP contribution in [-0.2, 0) is 14.3 Å². The number of nitrogens with one attached hydrogen (secondary N) is 1. The normalized spacial score (nSPS) is 14.1. The Bertz CT molecular complexity index is 984. The van der Waals surface area contributed by atoms with E-state index in [2.05, 4.69) is 5.32 Å². The quantitative estimate of drug-likeness (QED) is 0.577. The summed E-state index contributed by atoms with van der Waals surface area (Å²) in [7, 11) is 0. The zero-order valence-corrected chi connectivity index (χ0v) is 16.5. The van der Waals surface area contributed by atoms with Crippen LogP contribution in [0.25, 0.3) is 0 Å². The summed E-state index contributed by atoms with van der Waals surface area (Å²) in [5.74, 6) is -1.69. The van der Waals surface area contributed by atoms with Crippen molar-refractivity contribution >= 4 is 52.4 Å². The van der Waals surface area contributed by atoms with E-state index in [1.165, 1.54) is 6.07 Å². The summed E-state index contributed by atoms with van der Waals surface area (Å²) in [4.78, 5) is 38.0. The Morgan fingerprint density at radius 3 is 2.32 bits per heavy atom. The molecule has 2 amide bonds. The SMILES string of the molecule is CC(C)OC(=O)c1ccc(NC2=C(Cl)C(=O)N(c3cccc(Cl)c3)C2=O)cc1. The van der Waals surface area contributed by atoms with Gasteiger partial charge in [-0.05, 0) is 56.3 Å². The Morgan fingerprint density at radius 2 is 1.71 bits per heavy atom. The van der Waals surface area contributed by atoms with Gasteiger partial charge in [-0.1, -0.05) is 29.3 Å². The van der Waals surface area contributed by atoms with E-state index in [1.54, 1.807) is 56.3 Å². The lowest BCUT2D eigenvalue weighted by Crippen LogP contribution is -2.32. The fraction of sp³-hybridized carbons (Fsp3) is 0.150. The largest absolute Gasteiger partial charge is 0.459 e. The molecule has 144 valence electrons. The molecule has 0 fully saturated rings. The Balaban J connectivity index is 1.79. The summed E-state index contributed by atoms with van der Waals surface area (Å²) >= 11 is 12.0. The highest BCUT2D eigenvalue weighted by Crippen LogP contribution is 2.31. The van der Waals surface area contributed by atoms with Crippen LogP contribution in [-0.4, -0.2) is 23.9 Å². The predicted molar refractivity (Wildman–Crippen MR) is 107 cm³/mol. The maximum absolute atomic E-state index is 12.7. The first kappa shape index (κ1) is 19.9. The molecule has 0 radical (unpaired) electrons. The number of carbonyl (C=O) groups excluding carboxylic acids is 3. The van der Waals surface area contributed by atoms with Crippen molar-refractivity contribution in [2.24, 2.45) is 0 Å². The molecule has 0 saturated heterocycles. The predicted octanol–water partition coefficient (Wildman–Crippen LogP) is 4.34. The van der Waals surface area contributed by atoms with Crippen molar-refractivity contribution in [3.05, 3.63) is 69.8 Å². The minimum atomic E-state index is -0.645. The highest BCUT2D eigenvalue weighted by Gasteiger charge is 2.39. The molecule has 1 N–H and O–H groups in total. The smallest absolute Gasteiger partial charge is 0.338 e. The van der Waals surface area contributed by atoms with E-state index in [9.17, 15) is 14.4 Å². The molecular formula is C20H16Cl2N2O4. The minimum absolute atomic E-state index is 0.0517. The Hall–Kier alpha value is -2.83. The van der Waals surface area contributed by atoms with Crippen molar-refractivity contribution < 1.29 is 19.1 Å². The van der Waals surface area contributed by atoms with Gasteiger partial charge in [-0.2, -0.15) is 0 Å². The van der Waals surface area contributed by atoms with Crippen LogP contribution in [0.2, 0.25) is 5.02 Å². The van der Waals surface area contributed by atoms with Crippen LogP contribution in [0.15, 0.2) is 59.3 Å². The zero-order valence-electron chi connectivity index (χ0n) is 15.0. The van der Waals surface area contributed by atoms with Gasteiger partial charge in [-0.25, -0.2) is 9.69 Å². The topological polar surface area (TPSA) is 75.7 Å². The highest BCUT2D eigenvalue weighted by molar-refractivity contribution is 6.53. The lowest BCUT2D eigenvalue weighted by atomic mass is 10.2. The van der Waals surface area contributed by atoms with Crippen LogP contribution >= 0.6 is 23.2 Å². The second-order valence-corrected chi connectivity index (χ2v) is 7.09. The summed E-state index contributed by atoms with van der Waals surface area (Å²) < 4.78 is 5.12. The van der Waals surface area contributed by atoms with Crippen LogP contribution in [0.1, 0.15) is 24.2 Å². The first-order chi connectivity index (χ1) is 13.3. The molecule has 2 aromatic carbocycles. The number of rotatable bonds is 5. The van der Waals surface area contributed by atoms with E-state index >= 15 is 0 Å². The van der Waals surface area contributed by atoms with Crippen LogP contribution in [0.5, 0.6) is 0 Å². The number of hydrogen-bond donors (Lipinski definition) is 1. The number of imide groups is 1. The van der Waals surface area contributed by atoms with Gasteiger partial charge in [-0.3, -0.25) is 9.59 Å². The van der Waals surface area contributed by atoms with Gasteiger partial charge in [-0.15, -0.1) is 0 Å². The molecule has 0 aromatic heterocycles. The van der Waals surface area contributed by atoms with Gasteiger partial charge in [0.1, 0.15) is 10.7 Å². The Kier molecular flexibility index (Phi) is 5.72. The first-order valence-corrected chi connectivity index (χ1v) is 9.15. The summed E-state index contributed by atoms with van der Waals surface area (Å²) in [5, 5.41) is 3.00. The first-order valence-electron chi connectivity index (χ1n) is 8.40. The number of amides is 2. The number of anilines is 2. The molecule has 0 aliphatic carbocycles. The van der Waals surface area contributed by atoms with Crippen molar-refractivity contribution in [3.63, 3.8) is 0 Å². The van der Waals surface area contributed by atoms with Gasteiger partial charge in [0.25, 0.3) is 11.8 Å². The summed E-state index contributed by atoms with van der Waals surface area (Å²) in [5.41, 5.74) is 1.13. The zero-order chi connectivity index (χ0) is 20.4. The van der Waals surface area contributed by atoms with Gasteiger partial charge in [0.05, 0.1) is 17.4 Å². The fourth-order valence-corrected chi connectivity index (χ4v) is 2.97. The van der Waals surface area contributed by atoms with E-state index in [1.807, 2.05) is 0 Å². The highest BCUT2D eigenvalue weighted by atomic mass is 35.5. The van der Waals surface area contributed by atoms with Gasteiger partial charge in [0.15, 0.2) is 0 Å². The van der Waals surface area contributed by atoms with Crippen molar-refractivity contribution in [3.8, 4) is 0 Å². The molecule has 0 spiro atoms. The number of hydrogen-bond acceptors (Lipinski definition) is 5. The summed E-state index contributed by atoms with van der Waals surface area (Å²) in [6.07, 6.45) is -0.228. The second-order valence-electron chi connectivity index (χ2n) is 6.27. The number of ether oxygens (including phenoxy) is 1. The average molecular weight is 419 g/mol. The van der Waals surface area contributed by atoms with Crippen LogP contribution < -0.4 is 10.2 Å². The molecule has 6 nitrogen and oxygen atoms in total. The molecule has 8 heteroatoms. The van der Waals surface area contributed by atoms with Crippen LogP contribution in [0.3, 0.4) is 0 Å². The van der Waals surface area contributed by atoms with E-state index < -0.39 is 17.8 Å². The maximum atomic E-state index is 12.7. The molecule has 1 aliphatic heterocycles. The lowest BCUT2D eigenvalue weighted by molar-refractivity contribution is -0.120. The van der Waals surface area contributed by atoms with Crippen LogP contribution in [0, 0.1) is 0 Å². The van der Waals surface area contributed by atoms with E-state index in [0.29, 0.717) is 22.0 Å². The van der Waals surface area contributed by atoms with E-state index in [-0.39, 0.29) is 16.8 Å². The summed E-state index contributed by atoms with van der Waals surface area (Å²) in [6.45, 7) is 3.52. The minimum Gasteiger partial charge on any atom is -0.459 e. The molecule has 1 heterocycles. The fourth-order valence-electron chi connectivity index (χ4n) is 2.58. The molecular weight excluding hydrogens is 403 g/mol. The van der Waals surface area contributed by atoms with Crippen molar-refractivity contribution in [2.75, 3.05) is 10.2 Å². The number of esters is 1. The van der Waals surface area contributed by atoms with Crippen molar-refractivity contribution in [1.82, 2.24) is 0 Å². The monoisotopic (exact) mass is 418 g/mol. The lowest BCUT2D eigenvalue weighted by Gasteiger charge is -2.15. The molecule has 0 unspecified atom stereocenters. The third-order valence-corrected chi connectivity index (χ3v) is 4.41. The van der Waals surface area contributed by atoms with Gasteiger partial charge in [0, 0.05) is 10.7 Å². The molecule has 3 rings (SSSR count).